The highest BCUT2D eigenvalue weighted by molar-refractivity contribution is 7.78. The van der Waals surface area contributed by atoms with Gasteiger partial charge in [0.15, 0.2) is 0 Å². The van der Waals surface area contributed by atoms with E-state index in [1.165, 1.54) is 0 Å². The number of aliphatic imine (C=N–C) groups is 1. The minimum atomic E-state index is -0.161. The van der Waals surface area contributed by atoms with Gasteiger partial charge in [0.25, 0.3) is 0 Å². The molecule has 0 aliphatic carbocycles. The molecule has 0 rings (SSSR count). The lowest BCUT2D eigenvalue weighted by atomic mass is 9.95. The molecule has 0 spiro atoms. The summed E-state index contributed by atoms with van der Waals surface area (Å²) >= 11 is 4.44. The van der Waals surface area contributed by atoms with Gasteiger partial charge in [-0.2, -0.15) is 0 Å². The number of nitrogens with two attached hydrogens (primary N) is 1. The van der Waals surface area contributed by atoms with Gasteiger partial charge in [-0.1, -0.05) is 13.8 Å². The molecule has 0 saturated carbocycles. The first-order valence-electron chi connectivity index (χ1n) is 3.51. The van der Waals surface area contributed by atoms with E-state index >= 15 is 0 Å². The number of thiocarbonyl (C=S) groups is 1. The highest BCUT2D eigenvalue weighted by Crippen LogP contribution is 2.10. The van der Waals surface area contributed by atoms with Crippen LogP contribution in [0, 0.1) is 0 Å². The second-order valence-corrected chi connectivity index (χ2v) is 2.66. The van der Waals surface area contributed by atoms with Crippen LogP contribution in [-0.2, 0) is 0 Å². The fourth-order valence-corrected chi connectivity index (χ4v) is 0.728. The molecule has 0 aliphatic rings. The summed E-state index contributed by atoms with van der Waals surface area (Å²) in [6.07, 6.45) is 1.87. The van der Waals surface area contributed by atoms with Crippen molar-refractivity contribution < 1.29 is 0 Å². The molecule has 0 unspecified atom stereocenters. The summed E-state index contributed by atoms with van der Waals surface area (Å²) in [5.74, 6) is 0. The van der Waals surface area contributed by atoms with Gasteiger partial charge in [-0.3, -0.25) is 0 Å². The summed E-state index contributed by atoms with van der Waals surface area (Å²) in [5, 5.41) is 2.32. The predicted molar refractivity (Wildman–Crippen MR) is 47.4 cm³/mol. The normalized spacial score (nSPS) is 10.7. The molecule has 3 heteroatoms. The molecule has 2 N–H and O–H groups in total. The van der Waals surface area contributed by atoms with Gasteiger partial charge in [0.2, 0.25) is 0 Å². The van der Waals surface area contributed by atoms with Crippen molar-refractivity contribution in [1.29, 1.82) is 0 Å². The van der Waals surface area contributed by atoms with Crippen LogP contribution >= 0.6 is 12.2 Å². The van der Waals surface area contributed by atoms with E-state index in [1.54, 1.807) is 0 Å². The minimum Gasteiger partial charge on any atom is -0.324 e. The maximum atomic E-state index is 5.90. The van der Waals surface area contributed by atoms with Gasteiger partial charge in [-0.05, 0) is 25.1 Å². The number of nitrogens with zero attached hydrogens (tertiary/aromatic N) is 1. The van der Waals surface area contributed by atoms with Crippen LogP contribution in [0.5, 0.6) is 0 Å². The maximum Gasteiger partial charge on any atom is 0.0672 e. The fraction of sp³-hybridized carbons (Fsp3) is 0.857. The Balaban J connectivity index is 3.92. The van der Waals surface area contributed by atoms with Crippen LogP contribution in [0.2, 0.25) is 0 Å². The molecule has 0 heterocycles. The predicted octanol–water partition coefficient (Wildman–Crippen LogP) is 1.61. The standard InChI is InChI=1S/C7H14N2S/c1-3-7(8,4-2)5-9-6-10/h3-5,8H2,1-2H3. The van der Waals surface area contributed by atoms with Gasteiger partial charge in [-0.15, -0.1) is 0 Å². The van der Waals surface area contributed by atoms with E-state index in [0.717, 1.165) is 12.8 Å². The summed E-state index contributed by atoms with van der Waals surface area (Å²) in [7, 11) is 0. The van der Waals surface area contributed by atoms with Gasteiger partial charge in [0, 0.05) is 5.54 Å². The molecule has 0 radical (unpaired) electrons. The second-order valence-electron chi connectivity index (χ2n) is 2.48. The molecule has 0 aromatic carbocycles. The lowest BCUT2D eigenvalue weighted by Gasteiger charge is -2.23. The Bertz CT molecular complexity index is 135. The monoisotopic (exact) mass is 158 g/mol. The minimum absolute atomic E-state index is 0.161. The van der Waals surface area contributed by atoms with Crippen LogP contribution in [0.1, 0.15) is 26.7 Å². The molecule has 0 atom stereocenters. The Morgan fingerprint density at radius 1 is 1.50 bits per heavy atom. The van der Waals surface area contributed by atoms with E-state index in [4.69, 9.17) is 5.73 Å². The third-order valence-electron chi connectivity index (χ3n) is 1.87. The van der Waals surface area contributed by atoms with Crippen LogP contribution in [-0.4, -0.2) is 17.2 Å². The molecular formula is C7H14N2S. The van der Waals surface area contributed by atoms with E-state index in [0.29, 0.717) is 6.54 Å². The highest BCUT2D eigenvalue weighted by Gasteiger charge is 2.18. The molecule has 58 valence electrons. The molecule has 0 saturated heterocycles. The molecule has 0 aliphatic heterocycles. The van der Waals surface area contributed by atoms with Crippen molar-refractivity contribution in [2.24, 2.45) is 10.7 Å². The molecule has 0 fully saturated rings. The first kappa shape index (κ1) is 9.76. The summed E-state index contributed by atoms with van der Waals surface area (Å²) in [6, 6.07) is 0. The molecular weight excluding hydrogens is 144 g/mol. The first-order chi connectivity index (χ1) is 4.68. The smallest absolute Gasteiger partial charge is 0.0672 e. The van der Waals surface area contributed by atoms with E-state index in [1.807, 2.05) is 0 Å². The summed E-state index contributed by atoms with van der Waals surface area (Å²) in [4.78, 5) is 3.83. The van der Waals surface area contributed by atoms with Crippen LogP contribution in [0.15, 0.2) is 4.99 Å². The van der Waals surface area contributed by atoms with Crippen molar-refractivity contribution in [1.82, 2.24) is 0 Å². The lowest BCUT2D eigenvalue weighted by molar-refractivity contribution is 0.409. The number of isothiocyanates is 1. The van der Waals surface area contributed by atoms with E-state index < -0.39 is 0 Å². The third-order valence-corrected chi connectivity index (χ3v) is 2.00. The molecule has 0 aromatic rings. The maximum absolute atomic E-state index is 5.90. The average Bonchev–Trinajstić information content (AvgIpc) is 2.00. The van der Waals surface area contributed by atoms with Crippen LogP contribution < -0.4 is 5.73 Å². The summed E-state index contributed by atoms with van der Waals surface area (Å²) in [6.45, 7) is 4.72. The fourth-order valence-electron chi connectivity index (χ4n) is 0.663. The number of hydrogen-bond acceptors (Lipinski definition) is 3. The van der Waals surface area contributed by atoms with Gasteiger partial charge in [0.05, 0.1) is 11.7 Å². The Morgan fingerprint density at radius 3 is 2.30 bits per heavy atom. The van der Waals surface area contributed by atoms with Crippen molar-refractivity contribution >= 4 is 17.4 Å². The van der Waals surface area contributed by atoms with E-state index in [2.05, 4.69) is 36.2 Å². The van der Waals surface area contributed by atoms with Gasteiger partial charge in [0.1, 0.15) is 0 Å². The molecule has 0 amide bonds. The van der Waals surface area contributed by atoms with Crippen molar-refractivity contribution in [2.45, 2.75) is 32.2 Å². The zero-order valence-electron chi connectivity index (χ0n) is 6.55. The Kier molecular flexibility index (Phi) is 4.45. The van der Waals surface area contributed by atoms with Crippen LogP contribution in [0.3, 0.4) is 0 Å². The SMILES string of the molecule is CCC(N)(CC)CN=C=S. The zero-order valence-corrected chi connectivity index (χ0v) is 7.37. The molecule has 2 nitrogen and oxygen atoms in total. The van der Waals surface area contributed by atoms with Crippen LogP contribution in [0.25, 0.3) is 0 Å². The average molecular weight is 158 g/mol. The Morgan fingerprint density at radius 2 is 2.00 bits per heavy atom. The highest BCUT2D eigenvalue weighted by atomic mass is 32.1. The summed E-state index contributed by atoms with van der Waals surface area (Å²) < 4.78 is 0. The first-order valence-corrected chi connectivity index (χ1v) is 3.92. The third kappa shape index (κ3) is 3.06. The van der Waals surface area contributed by atoms with Crippen molar-refractivity contribution in [3.05, 3.63) is 0 Å². The lowest BCUT2D eigenvalue weighted by Crippen LogP contribution is -2.41. The molecule has 10 heavy (non-hydrogen) atoms. The Hall–Kier alpha value is -0.240. The second kappa shape index (κ2) is 4.56. The van der Waals surface area contributed by atoms with Crippen molar-refractivity contribution in [3.63, 3.8) is 0 Å². The van der Waals surface area contributed by atoms with Gasteiger partial charge in [-0.25, -0.2) is 4.99 Å². The largest absolute Gasteiger partial charge is 0.324 e. The van der Waals surface area contributed by atoms with E-state index in [9.17, 15) is 0 Å². The van der Waals surface area contributed by atoms with Gasteiger partial charge < -0.3 is 5.73 Å². The zero-order chi connectivity index (χ0) is 8.04. The molecule has 0 bridgehead atoms. The number of hydrogen-bond donors (Lipinski definition) is 1. The molecule has 0 aromatic heterocycles. The van der Waals surface area contributed by atoms with Crippen molar-refractivity contribution in [3.8, 4) is 0 Å². The van der Waals surface area contributed by atoms with E-state index in [-0.39, 0.29) is 5.54 Å². The van der Waals surface area contributed by atoms with Crippen LogP contribution in [0.4, 0.5) is 0 Å². The summed E-state index contributed by atoms with van der Waals surface area (Å²) in [5.41, 5.74) is 5.74. The van der Waals surface area contributed by atoms with Crippen molar-refractivity contribution in [2.75, 3.05) is 6.54 Å². The van der Waals surface area contributed by atoms with Gasteiger partial charge >= 0.3 is 0 Å². The Labute approximate surface area is 67.5 Å². The quantitative estimate of drug-likeness (QED) is 0.498. The topological polar surface area (TPSA) is 38.4 Å². The number of rotatable bonds is 4.